The highest BCUT2D eigenvalue weighted by molar-refractivity contribution is 5.95. The molecule has 2 aliphatic rings. The normalized spacial score (nSPS) is 28.9. The number of aromatic nitrogens is 2. The van der Waals surface area contributed by atoms with Gasteiger partial charge in [0.05, 0.1) is 6.20 Å². The summed E-state index contributed by atoms with van der Waals surface area (Å²) in [5.41, 5.74) is 1.66. The molecule has 1 saturated carbocycles. The van der Waals surface area contributed by atoms with E-state index in [1.165, 1.54) is 12.8 Å². The van der Waals surface area contributed by atoms with Crippen LogP contribution in [0.2, 0.25) is 0 Å². The predicted molar refractivity (Wildman–Crippen MR) is 67.6 cm³/mol. The van der Waals surface area contributed by atoms with Crippen LogP contribution in [0.4, 0.5) is 0 Å². The maximum absolute atomic E-state index is 12.2. The third-order valence-corrected chi connectivity index (χ3v) is 4.13. The van der Waals surface area contributed by atoms with Crippen LogP contribution in [0.15, 0.2) is 23.1 Å². The molecule has 2 aromatic rings. The number of hydrogen-bond acceptors (Lipinski definition) is 5. The summed E-state index contributed by atoms with van der Waals surface area (Å²) in [6.45, 7) is 1.01. The van der Waals surface area contributed by atoms with Crippen LogP contribution in [-0.4, -0.2) is 34.5 Å². The summed E-state index contributed by atoms with van der Waals surface area (Å²) in [5.74, 6) is 0.437. The van der Waals surface area contributed by atoms with Gasteiger partial charge in [0.15, 0.2) is 12.0 Å². The minimum atomic E-state index is -0.123. The van der Waals surface area contributed by atoms with Crippen molar-refractivity contribution in [1.29, 1.82) is 0 Å². The van der Waals surface area contributed by atoms with E-state index in [-0.39, 0.29) is 11.9 Å². The molecule has 1 aliphatic carbocycles. The Labute approximate surface area is 109 Å². The Bertz CT molecular complexity index is 638. The molecule has 6 heteroatoms. The van der Waals surface area contributed by atoms with Gasteiger partial charge in [0.1, 0.15) is 11.2 Å². The number of hydrogen-bond donors (Lipinski definition) is 2. The molecule has 98 valence electrons. The molecule has 2 aromatic heterocycles. The van der Waals surface area contributed by atoms with Crippen molar-refractivity contribution in [3.8, 4) is 0 Å². The topological polar surface area (TPSA) is 80.0 Å². The first-order valence-electron chi connectivity index (χ1n) is 6.53. The molecule has 0 radical (unpaired) electrons. The molecule has 3 unspecified atom stereocenters. The van der Waals surface area contributed by atoms with Gasteiger partial charge in [0.2, 0.25) is 0 Å². The summed E-state index contributed by atoms with van der Waals surface area (Å²) >= 11 is 0. The van der Waals surface area contributed by atoms with Crippen molar-refractivity contribution in [3.63, 3.8) is 0 Å². The van der Waals surface area contributed by atoms with Crippen molar-refractivity contribution in [1.82, 2.24) is 20.6 Å². The monoisotopic (exact) mass is 258 g/mol. The van der Waals surface area contributed by atoms with Crippen molar-refractivity contribution >= 4 is 17.0 Å². The molecule has 19 heavy (non-hydrogen) atoms. The molecule has 3 atom stereocenters. The quantitative estimate of drug-likeness (QED) is 0.829. The molecule has 4 rings (SSSR count). The molecule has 2 N–H and O–H groups in total. The van der Waals surface area contributed by atoms with E-state index in [9.17, 15) is 4.79 Å². The largest absolute Gasteiger partial charge is 0.442 e. The first-order valence-corrected chi connectivity index (χ1v) is 6.53. The van der Waals surface area contributed by atoms with E-state index in [4.69, 9.17) is 4.42 Å². The lowest BCUT2D eigenvalue weighted by molar-refractivity contribution is 0.0920. The van der Waals surface area contributed by atoms with E-state index >= 15 is 0 Å². The number of oxazole rings is 1. The Hall–Kier alpha value is -1.95. The summed E-state index contributed by atoms with van der Waals surface area (Å²) in [6, 6.07) is 2.51. The lowest BCUT2D eigenvalue weighted by Crippen LogP contribution is -2.44. The smallest absolute Gasteiger partial charge is 0.270 e. The Morgan fingerprint density at radius 3 is 3.16 bits per heavy atom. The first kappa shape index (κ1) is 10.9. The van der Waals surface area contributed by atoms with Gasteiger partial charge < -0.3 is 15.1 Å². The van der Waals surface area contributed by atoms with Gasteiger partial charge in [-0.15, -0.1) is 0 Å². The van der Waals surface area contributed by atoms with Crippen LogP contribution in [-0.2, 0) is 0 Å². The zero-order valence-corrected chi connectivity index (χ0v) is 10.3. The standard InChI is InChI=1S/C13H14N4O2/c18-13(17-9-2-8-1-7(9)4-14-8)11-3-10-12(5-15-11)19-6-16-10/h3,5-9,14H,1-2,4H2,(H,17,18). The van der Waals surface area contributed by atoms with Gasteiger partial charge in [0.25, 0.3) is 5.91 Å². The highest BCUT2D eigenvalue weighted by Gasteiger charge is 2.40. The predicted octanol–water partition coefficient (Wildman–Crippen LogP) is 0.703. The second-order valence-corrected chi connectivity index (χ2v) is 5.31. The number of carbonyl (C=O) groups excluding carboxylic acids is 1. The van der Waals surface area contributed by atoms with Crippen LogP contribution in [0.1, 0.15) is 23.3 Å². The lowest BCUT2D eigenvalue weighted by Gasteiger charge is -2.23. The van der Waals surface area contributed by atoms with Crippen molar-refractivity contribution in [2.24, 2.45) is 5.92 Å². The van der Waals surface area contributed by atoms with E-state index in [1.54, 1.807) is 12.3 Å². The molecule has 1 amide bonds. The second-order valence-electron chi connectivity index (χ2n) is 5.31. The van der Waals surface area contributed by atoms with Crippen molar-refractivity contribution in [2.45, 2.75) is 24.9 Å². The molecule has 2 fully saturated rings. The third-order valence-electron chi connectivity index (χ3n) is 4.13. The molecular formula is C13H14N4O2. The van der Waals surface area contributed by atoms with Gasteiger partial charge in [-0.3, -0.25) is 4.79 Å². The van der Waals surface area contributed by atoms with Crippen LogP contribution in [0, 0.1) is 5.92 Å². The molecule has 6 nitrogen and oxygen atoms in total. The van der Waals surface area contributed by atoms with Gasteiger partial charge in [-0.1, -0.05) is 0 Å². The fraction of sp³-hybridized carbons (Fsp3) is 0.462. The van der Waals surface area contributed by atoms with Crippen molar-refractivity contribution in [3.05, 3.63) is 24.4 Å². The van der Waals surface area contributed by atoms with E-state index in [0.29, 0.717) is 28.8 Å². The second kappa shape index (κ2) is 4.03. The number of piperidine rings is 1. The molecule has 0 spiro atoms. The van der Waals surface area contributed by atoms with Gasteiger partial charge in [-0.05, 0) is 24.8 Å². The van der Waals surface area contributed by atoms with Gasteiger partial charge in [-0.2, -0.15) is 0 Å². The summed E-state index contributed by atoms with van der Waals surface area (Å²) < 4.78 is 5.11. The fourth-order valence-corrected chi connectivity index (χ4v) is 3.14. The highest BCUT2D eigenvalue weighted by Crippen LogP contribution is 2.31. The molecule has 1 saturated heterocycles. The van der Waals surface area contributed by atoms with Gasteiger partial charge >= 0.3 is 0 Å². The Morgan fingerprint density at radius 1 is 1.42 bits per heavy atom. The Balaban J connectivity index is 1.53. The molecule has 3 heterocycles. The highest BCUT2D eigenvalue weighted by atomic mass is 16.3. The number of nitrogens with one attached hydrogen (secondary N) is 2. The number of carbonyl (C=O) groups is 1. The summed E-state index contributed by atoms with van der Waals surface area (Å²) in [4.78, 5) is 20.3. The van der Waals surface area contributed by atoms with E-state index in [0.717, 1.165) is 13.0 Å². The number of pyridine rings is 1. The minimum Gasteiger partial charge on any atom is -0.442 e. The van der Waals surface area contributed by atoms with Gasteiger partial charge in [0, 0.05) is 18.6 Å². The molecule has 0 aromatic carbocycles. The number of amides is 1. The lowest BCUT2D eigenvalue weighted by atomic mass is 10.0. The van der Waals surface area contributed by atoms with Crippen LogP contribution in [0.3, 0.4) is 0 Å². The van der Waals surface area contributed by atoms with Crippen molar-refractivity contribution < 1.29 is 9.21 Å². The zero-order valence-electron chi connectivity index (χ0n) is 10.3. The zero-order chi connectivity index (χ0) is 12.8. The summed E-state index contributed by atoms with van der Waals surface area (Å²) in [7, 11) is 0. The first-order chi connectivity index (χ1) is 9.29. The van der Waals surface area contributed by atoms with Crippen LogP contribution < -0.4 is 10.6 Å². The van der Waals surface area contributed by atoms with Crippen LogP contribution >= 0.6 is 0 Å². The Kier molecular flexibility index (Phi) is 2.32. The fourth-order valence-electron chi connectivity index (χ4n) is 3.14. The van der Waals surface area contributed by atoms with Gasteiger partial charge in [-0.25, -0.2) is 9.97 Å². The SMILES string of the molecule is O=C(NC1CC2CC1CN2)c1cc2ncoc2cn1. The number of nitrogens with zero attached hydrogens (tertiary/aromatic N) is 2. The molecule has 2 bridgehead atoms. The molecule has 1 aliphatic heterocycles. The summed E-state index contributed by atoms with van der Waals surface area (Å²) in [6.07, 6.45) is 5.08. The van der Waals surface area contributed by atoms with E-state index < -0.39 is 0 Å². The van der Waals surface area contributed by atoms with E-state index in [1.807, 2.05) is 0 Å². The van der Waals surface area contributed by atoms with Crippen LogP contribution in [0.5, 0.6) is 0 Å². The maximum Gasteiger partial charge on any atom is 0.270 e. The Morgan fingerprint density at radius 2 is 2.37 bits per heavy atom. The molecular weight excluding hydrogens is 244 g/mol. The average molecular weight is 258 g/mol. The number of fused-ring (bicyclic) bond motifs is 3. The minimum absolute atomic E-state index is 0.123. The van der Waals surface area contributed by atoms with Crippen LogP contribution in [0.25, 0.3) is 11.1 Å². The average Bonchev–Trinajstić information content (AvgIpc) is 3.13. The van der Waals surface area contributed by atoms with Crippen molar-refractivity contribution in [2.75, 3.05) is 6.54 Å². The summed E-state index contributed by atoms with van der Waals surface area (Å²) in [5, 5.41) is 6.51. The number of rotatable bonds is 2. The van der Waals surface area contributed by atoms with E-state index in [2.05, 4.69) is 20.6 Å². The third kappa shape index (κ3) is 1.79. The maximum atomic E-state index is 12.2.